The minimum Gasteiger partial charge on any atom is -0.491 e. The summed E-state index contributed by atoms with van der Waals surface area (Å²) in [6, 6.07) is 12.7. The summed E-state index contributed by atoms with van der Waals surface area (Å²) in [6.07, 6.45) is 6.86. The first-order chi connectivity index (χ1) is 22.0. The van der Waals surface area contributed by atoms with Gasteiger partial charge in [-0.25, -0.2) is 4.79 Å². The van der Waals surface area contributed by atoms with Crippen molar-refractivity contribution >= 4 is 23.5 Å². The maximum Gasteiger partial charge on any atom is 0.328 e. The molecule has 13 heteroatoms. The molecular formula is C33H41ClN2O10. The van der Waals surface area contributed by atoms with Crippen molar-refractivity contribution < 1.29 is 44.3 Å². The fourth-order valence-corrected chi connectivity index (χ4v) is 5.30. The Labute approximate surface area is 272 Å². The molecule has 0 heterocycles. The molecular weight excluding hydrogens is 620 g/mol. The van der Waals surface area contributed by atoms with Crippen molar-refractivity contribution in [3.05, 3.63) is 99.1 Å². The number of nitrogens with one attached hydrogen (secondary N) is 1. The third kappa shape index (κ3) is 12.4. The molecule has 2 aromatic carbocycles. The van der Waals surface area contributed by atoms with Crippen LogP contribution >= 0.6 is 11.6 Å². The van der Waals surface area contributed by atoms with Crippen molar-refractivity contribution in [3.8, 4) is 5.75 Å². The number of rotatable bonds is 18. The second kappa shape index (κ2) is 18.9. The Morgan fingerprint density at radius 3 is 2.57 bits per heavy atom. The topological polar surface area (TPSA) is 178 Å². The monoisotopic (exact) mass is 660 g/mol. The molecule has 4 N–H and O–H groups in total. The first-order valence-corrected chi connectivity index (χ1v) is 15.5. The number of benzene rings is 2. The van der Waals surface area contributed by atoms with Gasteiger partial charge in [-0.1, -0.05) is 66.2 Å². The molecule has 3 rings (SSSR count). The van der Waals surface area contributed by atoms with Gasteiger partial charge >= 0.3 is 5.97 Å². The zero-order valence-corrected chi connectivity index (χ0v) is 26.3. The van der Waals surface area contributed by atoms with Crippen molar-refractivity contribution in [1.29, 1.82) is 0 Å². The predicted molar refractivity (Wildman–Crippen MR) is 169 cm³/mol. The van der Waals surface area contributed by atoms with Crippen molar-refractivity contribution in [2.24, 2.45) is 11.8 Å². The number of esters is 1. The van der Waals surface area contributed by atoms with Gasteiger partial charge in [-0.05, 0) is 61.4 Å². The molecule has 12 nitrogen and oxygen atoms in total. The number of unbranched alkanes of at least 4 members (excludes halogenated alkanes) is 1. The number of allylic oxidation sites excluding steroid dienone is 2. The van der Waals surface area contributed by atoms with Crippen LogP contribution in [-0.2, 0) is 32.4 Å². The van der Waals surface area contributed by atoms with Crippen LogP contribution in [-0.4, -0.2) is 63.2 Å². The van der Waals surface area contributed by atoms with Crippen molar-refractivity contribution in [3.63, 3.8) is 0 Å². The first kappa shape index (κ1) is 36.5. The summed E-state index contributed by atoms with van der Waals surface area (Å²) in [5.74, 6) is -0.982. The summed E-state index contributed by atoms with van der Waals surface area (Å²) >= 11 is 5.95. The lowest BCUT2D eigenvalue weighted by Crippen LogP contribution is -2.39. The van der Waals surface area contributed by atoms with E-state index in [2.05, 4.69) is 10.2 Å². The third-order valence-corrected chi connectivity index (χ3v) is 7.82. The molecule has 2 aromatic rings. The Morgan fingerprint density at radius 1 is 1.11 bits per heavy atom. The van der Waals surface area contributed by atoms with E-state index in [9.17, 15) is 35.0 Å². The molecule has 0 saturated heterocycles. The molecule has 0 aromatic heterocycles. The smallest absolute Gasteiger partial charge is 0.328 e. The summed E-state index contributed by atoms with van der Waals surface area (Å²) in [5, 5.41) is 44.0. The van der Waals surface area contributed by atoms with E-state index in [-0.39, 0.29) is 50.4 Å². The number of aliphatic hydroxyl groups is 3. The van der Waals surface area contributed by atoms with E-state index in [0.29, 0.717) is 41.2 Å². The standard InChI is InChI=1S/C33H41ClN2O10/c1-22(33(41)45-19-23-9-6-7-10-24(23)20-46-36(42)43)35-32(40)14-5-3-2-4-13-28-29(31(39)18-30(28)38)16-15-26(37)21-44-27-12-8-11-25(34)17-27/h2,4,6-12,15-17,22,26,28-31,37-39H,3,5,13-14,18-21H2,1H3,(H,35,40)/b4-2-,16-15+/t22?,26-,28-,29-,30+,31-/m1/s1. The predicted octanol–water partition coefficient (Wildman–Crippen LogP) is 4.07. The Morgan fingerprint density at radius 2 is 1.85 bits per heavy atom. The van der Waals surface area contributed by atoms with Crippen LogP contribution in [0.4, 0.5) is 0 Å². The lowest BCUT2D eigenvalue weighted by Gasteiger charge is -2.19. The van der Waals surface area contributed by atoms with Gasteiger partial charge in [0.05, 0.1) is 12.2 Å². The molecule has 1 saturated carbocycles. The molecule has 0 bridgehead atoms. The molecule has 0 aliphatic heterocycles. The van der Waals surface area contributed by atoms with E-state index < -0.39 is 35.4 Å². The number of amides is 1. The van der Waals surface area contributed by atoms with Gasteiger partial charge in [-0.2, -0.15) is 0 Å². The molecule has 250 valence electrons. The Bertz CT molecular complexity index is 1350. The van der Waals surface area contributed by atoms with Gasteiger partial charge in [-0.15, -0.1) is 10.1 Å². The number of halogens is 1. The number of hydrogen-bond donors (Lipinski definition) is 4. The van der Waals surface area contributed by atoms with Crippen LogP contribution in [0.2, 0.25) is 5.02 Å². The van der Waals surface area contributed by atoms with Crippen molar-refractivity contribution in [1.82, 2.24) is 5.32 Å². The normalized spacial score (nSPS) is 20.8. The largest absolute Gasteiger partial charge is 0.491 e. The Kier molecular flexibility index (Phi) is 15.0. The van der Waals surface area contributed by atoms with Gasteiger partial charge in [-0.3, -0.25) is 4.79 Å². The maximum absolute atomic E-state index is 12.4. The highest BCUT2D eigenvalue weighted by Gasteiger charge is 2.39. The molecule has 0 spiro atoms. The van der Waals surface area contributed by atoms with Crippen LogP contribution in [0.1, 0.15) is 50.2 Å². The molecule has 1 aliphatic rings. The van der Waals surface area contributed by atoms with Gasteiger partial charge in [0.15, 0.2) is 0 Å². The number of nitrogens with zero attached hydrogens (tertiary/aromatic N) is 1. The maximum atomic E-state index is 12.4. The second-order valence-electron chi connectivity index (χ2n) is 11.1. The first-order valence-electron chi connectivity index (χ1n) is 15.1. The van der Waals surface area contributed by atoms with E-state index >= 15 is 0 Å². The minimum atomic E-state index is -0.907. The summed E-state index contributed by atoms with van der Waals surface area (Å²) < 4.78 is 10.8. The third-order valence-electron chi connectivity index (χ3n) is 7.58. The van der Waals surface area contributed by atoms with Gasteiger partial charge in [0.25, 0.3) is 5.09 Å². The van der Waals surface area contributed by atoms with Crippen molar-refractivity contribution in [2.45, 2.75) is 76.6 Å². The molecule has 1 amide bonds. The number of hydrogen-bond acceptors (Lipinski definition) is 10. The van der Waals surface area contributed by atoms with Crippen LogP contribution in [0.5, 0.6) is 5.75 Å². The van der Waals surface area contributed by atoms with Crippen LogP contribution < -0.4 is 10.1 Å². The number of carbonyl (C=O) groups excluding carboxylic acids is 2. The molecule has 1 unspecified atom stereocenters. The molecule has 0 radical (unpaired) electrons. The van der Waals surface area contributed by atoms with E-state index in [4.69, 9.17) is 21.1 Å². The summed E-state index contributed by atoms with van der Waals surface area (Å²) in [4.78, 5) is 39.6. The van der Waals surface area contributed by atoms with Gasteiger partial charge in [0.1, 0.15) is 37.7 Å². The van der Waals surface area contributed by atoms with Crippen LogP contribution in [0, 0.1) is 22.0 Å². The zero-order valence-electron chi connectivity index (χ0n) is 25.6. The lowest BCUT2D eigenvalue weighted by atomic mass is 9.89. The van der Waals surface area contributed by atoms with E-state index in [1.54, 1.807) is 60.7 Å². The lowest BCUT2D eigenvalue weighted by molar-refractivity contribution is -0.763. The average molecular weight is 661 g/mol. The molecule has 6 atom stereocenters. The number of carbonyl (C=O) groups is 2. The van der Waals surface area contributed by atoms with E-state index in [1.165, 1.54) is 6.92 Å². The van der Waals surface area contributed by atoms with Crippen LogP contribution in [0.25, 0.3) is 0 Å². The average Bonchev–Trinajstić information content (AvgIpc) is 3.29. The fourth-order valence-electron chi connectivity index (χ4n) is 5.12. The highest BCUT2D eigenvalue weighted by atomic mass is 35.5. The van der Waals surface area contributed by atoms with Crippen molar-refractivity contribution in [2.75, 3.05) is 6.61 Å². The Hall–Kier alpha value is -3.97. The molecule has 1 fully saturated rings. The minimum absolute atomic E-state index is 0.0124. The van der Waals surface area contributed by atoms with Gasteiger partial charge in [0.2, 0.25) is 5.91 Å². The Balaban J connectivity index is 1.35. The van der Waals surface area contributed by atoms with Crippen LogP contribution in [0.3, 0.4) is 0 Å². The second-order valence-corrected chi connectivity index (χ2v) is 11.5. The van der Waals surface area contributed by atoms with E-state index in [1.807, 2.05) is 12.2 Å². The summed E-state index contributed by atoms with van der Waals surface area (Å²) in [7, 11) is 0. The molecule has 1 aliphatic carbocycles. The fraction of sp³-hybridized carbons (Fsp3) is 0.455. The number of aliphatic hydroxyl groups excluding tert-OH is 3. The SMILES string of the molecule is CC(NC(=O)CCC/C=C\C[C@@H]1[C@@H](/C=C/[C@@H](O)COc2cccc(Cl)c2)[C@H](O)C[C@@H]1O)C(=O)OCc1ccccc1CO[N+](=O)[O-]. The quantitative estimate of drug-likeness (QED) is 0.0599. The summed E-state index contributed by atoms with van der Waals surface area (Å²) in [6.45, 7) is 1.13. The van der Waals surface area contributed by atoms with E-state index in [0.717, 1.165) is 0 Å². The highest BCUT2D eigenvalue weighted by Crippen LogP contribution is 2.36. The molecule has 46 heavy (non-hydrogen) atoms. The summed E-state index contributed by atoms with van der Waals surface area (Å²) in [5.41, 5.74) is 1.07. The van der Waals surface area contributed by atoms with Gasteiger partial charge in [0, 0.05) is 23.8 Å². The van der Waals surface area contributed by atoms with Gasteiger partial charge < -0.3 is 34.9 Å². The number of ether oxygens (including phenoxy) is 2. The highest BCUT2D eigenvalue weighted by molar-refractivity contribution is 6.30. The van der Waals surface area contributed by atoms with Crippen LogP contribution in [0.15, 0.2) is 72.8 Å². The zero-order chi connectivity index (χ0) is 33.5.